The molecule has 0 bridgehead atoms. The van der Waals surface area contributed by atoms with Crippen molar-refractivity contribution in [3.63, 3.8) is 0 Å². The molecule has 0 atom stereocenters. The van der Waals surface area contributed by atoms with Crippen molar-refractivity contribution in [1.29, 1.82) is 0 Å². The lowest BCUT2D eigenvalue weighted by molar-refractivity contribution is 0.853. The molecule has 1 aromatic carbocycles. The van der Waals surface area contributed by atoms with Crippen molar-refractivity contribution in [3.8, 4) is 5.69 Å². The van der Waals surface area contributed by atoms with Gasteiger partial charge in [0.1, 0.15) is 5.82 Å². The first kappa shape index (κ1) is 11.3. The quantitative estimate of drug-likeness (QED) is 0.755. The molecule has 0 saturated heterocycles. The monoisotopic (exact) mass is 326 g/mol. The van der Waals surface area contributed by atoms with Crippen molar-refractivity contribution in [2.24, 2.45) is 0 Å². The number of nitrogens with zero attached hydrogens (tertiary/aromatic N) is 2. The fourth-order valence-corrected chi connectivity index (χ4v) is 2.00. The first-order valence-electron chi connectivity index (χ1n) is 4.91. The molecule has 0 radical (unpaired) electrons. The van der Waals surface area contributed by atoms with Crippen molar-refractivity contribution >= 4 is 22.6 Å². The van der Waals surface area contributed by atoms with Gasteiger partial charge in [-0.05, 0) is 60.7 Å². The zero-order valence-corrected chi connectivity index (χ0v) is 11.2. The number of rotatable bonds is 1. The summed E-state index contributed by atoms with van der Waals surface area (Å²) in [6, 6.07) is 9.34. The SMILES string of the molecule is Cc1cc(=O)n(-c2ccc(I)cc2)c(C)n1. The van der Waals surface area contributed by atoms with E-state index in [2.05, 4.69) is 27.6 Å². The zero-order chi connectivity index (χ0) is 11.7. The molecular weight excluding hydrogens is 315 g/mol. The summed E-state index contributed by atoms with van der Waals surface area (Å²) in [5, 5.41) is 0. The summed E-state index contributed by atoms with van der Waals surface area (Å²) in [7, 11) is 0. The zero-order valence-electron chi connectivity index (χ0n) is 9.07. The summed E-state index contributed by atoms with van der Waals surface area (Å²) in [6.45, 7) is 3.67. The lowest BCUT2D eigenvalue weighted by Crippen LogP contribution is -2.21. The van der Waals surface area contributed by atoms with Gasteiger partial charge in [0.2, 0.25) is 0 Å². The van der Waals surface area contributed by atoms with Crippen molar-refractivity contribution in [2.45, 2.75) is 13.8 Å². The Morgan fingerprint density at radius 1 is 1.19 bits per heavy atom. The largest absolute Gasteiger partial charge is 0.269 e. The van der Waals surface area contributed by atoms with Crippen LogP contribution in [0.15, 0.2) is 35.1 Å². The number of halogens is 1. The molecule has 0 amide bonds. The number of hydrogen-bond acceptors (Lipinski definition) is 2. The van der Waals surface area contributed by atoms with Gasteiger partial charge in [0.15, 0.2) is 0 Å². The summed E-state index contributed by atoms with van der Waals surface area (Å²) < 4.78 is 2.76. The molecule has 0 unspecified atom stereocenters. The van der Waals surface area contributed by atoms with Gasteiger partial charge in [-0.25, -0.2) is 4.98 Å². The van der Waals surface area contributed by atoms with Crippen LogP contribution >= 0.6 is 22.6 Å². The number of benzene rings is 1. The summed E-state index contributed by atoms with van der Waals surface area (Å²) >= 11 is 2.24. The van der Waals surface area contributed by atoms with Gasteiger partial charge in [0.25, 0.3) is 5.56 Å². The van der Waals surface area contributed by atoms with E-state index in [0.717, 1.165) is 15.0 Å². The summed E-state index contributed by atoms with van der Waals surface area (Å²) in [4.78, 5) is 16.2. The molecular formula is C12H11IN2O. The predicted octanol–water partition coefficient (Wildman–Crippen LogP) is 2.45. The second-order valence-corrected chi connectivity index (χ2v) is 4.84. The highest BCUT2D eigenvalue weighted by Gasteiger charge is 2.04. The van der Waals surface area contributed by atoms with E-state index in [1.807, 2.05) is 38.1 Å². The van der Waals surface area contributed by atoms with Crippen LogP contribution in [-0.4, -0.2) is 9.55 Å². The molecule has 4 heteroatoms. The smallest absolute Gasteiger partial charge is 0.258 e. The Labute approximate surface area is 107 Å². The molecule has 2 aromatic rings. The maximum absolute atomic E-state index is 11.9. The lowest BCUT2D eigenvalue weighted by atomic mass is 10.3. The van der Waals surface area contributed by atoms with Crippen LogP contribution in [0.2, 0.25) is 0 Å². The van der Waals surface area contributed by atoms with E-state index < -0.39 is 0 Å². The Hall–Kier alpha value is -1.17. The first-order valence-corrected chi connectivity index (χ1v) is 5.99. The summed E-state index contributed by atoms with van der Waals surface area (Å²) in [5.74, 6) is 0.714. The number of hydrogen-bond donors (Lipinski definition) is 0. The molecule has 0 fully saturated rings. The van der Waals surface area contributed by atoms with Gasteiger partial charge in [-0.1, -0.05) is 0 Å². The van der Waals surface area contributed by atoms with Crippen LogP contribution in [0.5, 0.6) is 0 Å². The molecule has 0 aliphatic rings. The molecule has 0 saturated carbocycles. The summed E-state index contributed by atoms with van der Waals surface area (Å²) in [5.41, 5.74) is 1.57. The van der Waals surface area contributed by atoms with Crippen molar-refractivity contribution < 1.29 is 0 Å². The van der Waals surface area contributed by atoms with Crippen LogP contribution < -0.4 is 5.56 Å². The van der Waals surface area contributed by atoms with E-state index in [4.69, 9.17) is 0 Å². The van der Waals surface area contributed by atoms with Gasteiger partial charge < -0.3 is 0 Å². The normalized spacial score (nSPS) is 10.4. The highest BCUT2D eigenvalue weighted by molar-refractivity contribution is 14.1. The Bertz CT molecular complexity index is 573. The molecule has 1 heterocycles. The van der Waals surface area contributed by atoms with Gasteiger partial charge in [0, 0.05) is 15.3 Å². The van der Waals surface area contributed by atoms with Crippen molar-refractivity contribution in [1.82, 2.24) is 9.55 Å². The van der Waals surface area contributed by atoms with Gasteiger partial charge >= 0.3 is 0 Å². The maximum Gasteiger partial charge on any atom is 0.258 e. The Kier molecular flexibility index (Phi) is 3.09. The Morgan fingerprint density at radius 3 is 2.38 bits per heavy atom. The van der Waals surface area contributed by atoms with Crippen LogP contribution in [0.25, 0.3) is 5.69 Å². The standard InChI is InChI=1S/C12H11IN2O/c1-8-7-12(16)15(9(2)14-8)11-5-3-10(13)4-6-11/h3-7H,1-2H3. The topological polar surface area (TPSA) is 34.9 Å². The molecule has 1 aromatic heterocycles. The third-order valence-electron chi connectivity index (χ3n) is 2.30. The molecule has 0 aliphatic heterocycles. The van der Waals surface area contributed by atoms with Gasteiger partial charge in [0.05, 0.1) is 5.69 Å². The van der Waals surface area contributed by atoms with E-state index in [-0.39, 0.29) is 5.56 Å². The molecule has 16 heavy (non-hydrogen) atoms. The molecule has 3 nitrogen and oxygen atoms in total. The van der Waals surface area contributed by atoms with E-state index in [1.54, 1.807) is 10.6 Å². The van der Waals surface area contributed by atoms with Crippen LogP contribution in [0.1, 0.15) is 11.5 Å². The second kappa shape index (κ2) is 4.37. The highest BCUT2D eigenvalue weighted by atomic mass is 127. The minimum Gasteiger partial charge on any atom is -0.269 e. The van der Waals surface area contributed by atoms with Crippen molar-refractivity contribution in [2.75, 3.05) is 0 Å². The minimum atomic E-state index is -0.0359. The van der Waals surface area contributed by atoms with E-state index in [9.17, 15) is 4.79 Å². The molecule has 82 valence electrons. The van der Waals surface area contributed by atoms with Crippen LogP contribution in [-0.2, 0) is 0 Å². The number of aryl methyl sites for hydroxylation is 2. The van der Waals surface area contributed by atoms with Crippen LogP contribution in [0.4, 0.5) is 0 Å². The predicted molar refractivity (Wildman–Crippen MR) is 72.0 cm³/mol. The third kappa shape index (κ3) is 2.16. The van der Waals surface area contributed by atoms with E-state index in [0.29, 0.717) is 5.82 Å². The fourth-order valence-electron chi connectivity index (χ4n) is 1.64. The summed E-state index contributed by atoms with van der Waals surface area (Å²) in [6.07, 6.45) is 0. The molecule has 0 N–H and O–H groups in total. The molecule has 0 aliphatic carbocycles. The fraction of sp³-hybridized carbons (Fsp3) is 0.167. The van der Waals surface area contributed by atoms with E-state index >= 15 is 0 Å². The highest BCUT2D eigenvalue weighted by Crippen LogP contribution is 2.10. The minimum absolute atomic E-state index is 0.0359. The van der Waals surface area contributed by atoms with Crippen LogP contribution in [0, 0.1) is 17.4 Å². The average Bonchev–Trinajstić information content (AvgIpc) is 2.19. The Balaban J connectivity index is 2.65. The Morgan fingerprint density at radius 2 is 1.81 bits per heavy atom. The first-order chi connectivity index (χ1) is 7.58. The van der Waals surface area contributed by atoms with Crippen molar-refractivity contribution in [3.05, 3.63) is 55.8 Å². The average molecular weight is 326 g/mol. The van der Waals surface area contributed by atoms with E-state index in [1.165, 1.54) is 0 Å². The lowest BCUT2D eigenvalue weighted by Gasteiger charge is -2.09. The number of aromatic nitrogens is 2. The molecule has 0 spiro atoms. The van der Waals surface area contributed by atoms with Crippen LogP contribution in [0.3, 0.4) is 0 Å². The maximum atomic E-state index is 11.9. The van der Waals surface area contributed by atoms with Gasteiger partial charge in [-0.3, -0.25) is 9.36 Å². The molecule has 2 rings (SSSR count). The third-order valence-corrected chi connectivity index (χ3v) is 3.02. The van der Waals surface area contributed by atoms with Gasteiger partial charge in [-0.15, -0.1) is 0 Å². The van der Waals surface area contributed by atoms with Gasteiger partial charge in [-0.2, -0.15) is 0 Å². The second-order valence-electron chi connectivity index (χ2n) is 3.59.